The molecule has 0 aliphatic carbocycles. The van der Waals surface area contributed by atoms with E-state index in [1.807, 2.05) is 19.1 Å². The number of ether oxygens (including phenoxy) is 1. The van der Waals surface area contributed by atoms with Crippen molar-refractivity contribution in [3.63, 3.8) is 0 Å². The maximum Gasteiger partial charge on any atom is 0.410 e. The molecule has 1 aliphatic heterocycles. The predicted molar refractivity (Wildman–Crippen MR) is 115 cm³/mol. The molecule has 1 amide bonds. The van der Waals surface area contributed by atoms with Crippen molar-refractivity contribution in [2.24, 2.45) is 0 Å². The van der Waals surface area contributed by atoms with E-state index >= 15 is 0 Å². The predicted octanol–water partition coefficient (Wildman–Crippen LogP) is 5.77. The number of amides is 1. The molecule has 2 unspecified atom stereocenters. The number of methoxy groups -OCH3 is 1. The zero-order valence-electron chi connectivity index (χ0n) is 17.2. The fourth-order valence-electron chi connectivity index (χ4n) is 3.71. The van der Waals surface area contributed by atoms with Crippen LogP contribution in [-0.4, -0.2) is 29.0 Å². The first-order chi connectivity index (χ1) is 15.2. The van der Waals surface area contributed by atoms with Crippen molar-refractivity contribution in [1.82, 2.24) is 9.78 Å². The summed E-state index contributed by atoms with van der Waals surface area (Å²) in [5.74, 6) is -0.269. The Morgan fingerprint density at radius 3 is 2.62 bits per heavy atom. The molecule has 2 N–H and O–H groups in total. The summed E-state index contributed by atoms with van der Waals surface area (Å²) >= 11 is 6.00. The van der Waals surface area contributed by atoms with E-state index in [1.54, 1.807) is 24.3 Å². The first-order valence-corrected chi connectivity index (χ1v) is 10.2. The lowest BCUT2D eigenvalue weighted by Crippen LogP contribution is -2.36. The summed E-state index contributed by atoms with van der Waals surface area (Å²) in [6.07, 6.45) is -3.65. The molecule has 168 valence electrons. The summed E-state index contributed by atoms with van der Waals surface area (Å²) in [4.78, 5) is 13.0. The topological polar surface area (TPSA) is 68.2 Å². The molecule has 2 heterocycles. The van der Waals surface area contributed by atoms with Gasteiger partial charge in [-0.05, 0) is 30.7 Å². The number of hydrogen-bond acceptors (Lipinski definition) is 4. The van der Waals surface area contributed by atoms with Crippen LogP contribution in [0.2, 0.25) is 5.02 Å². The Morgan fingerprint density at radius 1 is 1.25 bits per heavy atom. The van der Waals surface area contributed by atoms with Crippen molar-refractivity contribution in [2.45, 2.75) is 31.6 Å². The molecule has 0 spiro atoms. The van der Waals surface area contributed by atoms with Crippen LogP contribution in [0.15, 0.2) is 48.7 Å². The van der Waals surface area contributed by atoms with E-state index in [9.17, 15) is 18.0 Å². The van der Waals surface area contributed by atoms with Gasteiger partial charge in [0.05, 0.1) is 25.0 Å². The minimum Gasteiger partial charge on any atom is -0.495 e. The normalized spacial score (nSPS) is 17.9. The van der Waals surface area contributed by atoms with Crippen molar-refractivity contribution < 1.29 is 22.7 Å². The number of anilines is 2. The number of benzene rings is 2. The summed E-state index contributed by atoms with van der Waals surface area (Å²) in [6.45, 7) is 1.90. The van der Waals surface area contributed by atoms with Gasteiger partial charge in [0.2, 0.25) is 0 Å². The fraction of sp³-hybridized carbons (Fsp3) is 0.273. The molecule has 0 bridgehead atoms. The van der Waals surface area contributed by atoms with Gasteiger partial charge < -0.3 is 15.4 Å². The van der Waals surface area contributed by atoms with Crippen molar-refractivity contribution in [3.05, 3.63) is 70.4 Å². The zero-order chi connectivity index (χ0) is 23.0. The van der Waals surface area contributed by atoms with Gasteiger partial charge in [0.15, 0.2) is 6.04 Å². The number of halogens is 4. The van der Waals surface area contributed by atoms with Gasteiger partial charge in [-0.25, -0.2) is 4.68 Å². The minimum atomic E-state index is -4.53. The lowest BCUT2D eigenvalue weighted by Gasteiger charge is -2.34. The SMILES string of the molecule is COc1ccc(Cl)cc1NC(=O)c1cnn2c1NC(c1ccc(C)cc1)CC2C(F)(F)F. The lowest BCUT2D eigenvalue weighted by atomic mass is 9.96. The van der Waals surface area contributed by atoms with E-state index in [0.717, 1.165) is 16.4 Å². The molecule has 2 aromatic carbocycles. The number of aryl methyl sites for hydroxylation is 1. The molecule has 1 aromatic heterocycles. The molecule has 0 saturated carbocycles. The van der Waals surface area contributed by atoms with E-state index in [2.05, 4.69) is 15.7 Å². The van der Waals surface area contributed by atoms with Crippen LogP contribution in [-0.2, 0) is 0 Å². The van der Waals surface area contributed by atoms with Crippen molar-refractivity contribution in [3.8, 4) is 5.75 Å². The molecule has 32 heavy (non-hydrogen) atoms. The number of rotatable bonds is 4. The second-order valence-corrected chi connectivity index (χ2v) is 7.99. The second-order valence-electron chi connectivity index (χ2n) is 7.55. The smallest absolute Gasteiger partial charge is 0.410 e. The van der Waals surface area contributed by atoms with Gasteiger partial charge in [0.25, 0.3) is 5.91 Å². The van der Waals surface area contributed by atoms with Crippen LogP contribution in [0.1, 0.15) is 40.0 Å². The Morgan fingerprint density at radius 2 is 1.97 bits per heavy atom. The average Bonchev–Trinajstić information content (AvgIpc) is 3.17. The van der Waals surface area contributed by atoms with Gasteiger partial charge in [-0.3, -0.25) is 4.79 Å². The number of carbonyl (C=O) groups excluding carboxylic acids is 1. The molecular weight excluding hydrogens is 445 g/mol. The molecule has 6 nitrogen and oxygen atoms in total. The molecule has 0 radical (unpaired) electrons. The van der Waals surface area contributed by atoms with Crippen molar-refractivity contribution in [1.29, 1.82) is 0 Å². The van der Waals surface area contributed by atoms with Gasteiger partial charge in [0, 0.05) is 11.4 Å². The average molecular weight is 465 g/mol. The lowest BCUT2D eigenvalue weighted by molar-refractivity contribution is -0.173. The van der Waals surface area contributed by atoms with Crippen LogP contribution in [0, 0.1) is 6.92 Å². The molecule has 4 rings (SSSR count). The summed E-state index contributed by atoms with van der Waals surface area (Å²) in [5.41, 5.74) is 1.97. The van der Waals surface area contributed by atoms with Crippen molar-refractivity contribution >= 4 is 29.0 Å². The van der Waals surface area contributed by atoms with E-state index in [1.165, 1.54) is 13.2 Å². The van der Waals surface area contributed by atoms with E-state index in [0.29, 0.717) is 22.0 Å². The molecule has 3 aromatic rings. The number of fused-ring (bicyclic) bond motifs is 1. The van der Waals surface area contributed by atoms with Crippen LogP contribution in [0.3, 0.4) is 0 Å². The molecule has 10 heteroatoms. The van der Waals surface area contributed by atoms with Crippen LogP contribution in [0.25, 0.3) is 0 Å². The second kappa shape index (κ2) is 8.38. The third kappa shape index (κ3) is 4.25. The maximum atomic E-state index is 13.9. The summed E-state index contributed by atoms with van der Waals surface area (Å²) in [6, 6.07) is 9.40. The Kier molecular flexibility index (Phi) is 5.77. The van der Waals surface area contributed by atoms with Crippen molar-refractivity contribution in [2.75, 3.05) is 17.7 Å². The number of hydrogen-bond donors (Lipinski definition) is 2. The first-order valence-electron chi connectivity index (χ1n) is 9.79. The van der Waals surface area contributed by atoms with Crippen LogP contribution in [0.4, 0.5) is 24.7 Å². The Hall–Kier alpha value is -3.20. The Labute approximate surface area is 187 Å². The first kappa shape index (κ1) is 22.0. The number of alkyl halides is 3. The third-order valence-corrected chi connectivity index (χ3v) is 5.61. The monoisotopic (exact) mass is 464 g/mol. The largest absolute Gasteiger partial charge is 0.495 e. The molecular formula is C22H20ClF3N4O2. The van der Waals surface area contributed by atoms with Gasteiger partial charge in [-0.1, -0.05) is 41.4 Å². The van der Waals surface area contributed by atoms with E-state index < -0.39 is 24.2 Å². The Bertz CT molecular complexity index is 1150. The van der Waals surface area contributed by atoms with Gasteiger partial charge in [0.1, 0.15) is 17.1 Å². The maximum absolute atomic E-state index is 13.9. The van der Waals surface area contributed by atoms with Crippen LogP contribution >= 0.6 is 11.6 Å². The summed E-state index contributed by atoms with van der Waals surface area (Å²) in [5, 5.41) is 9.97. The van der Waals surface area contributed by atoms with Gasteiger partial charge in [-0.2, -0.15) is 18.3 Å². The van der Waals surface area contributed by atoms with Gasteiger partial charge in [-0.15, -0.1) is 0 Å². The summed E-state index contributed by atoms with van der Waals surface area (Å²) in [7, 11) is 1.43. The minimum absolute atomic E-state index is 0.00245. The molecule has 0 fully saturated rings. The highest BCUT2D eigenvalue weighted by Gasteiger charge is 2.47. The highest BCUT2D eigenvalue weighted by molar-refractivity contribution is 6.31. The highest BCUT2D eigenvalue weighted by atomic mass is 35.5. The highest BCUT2D eigenvalue weighted by Crippen LogP contribution is 2.44. The quantitative estimate of drug-likeness (QED) is 0.514. The third-order valence-electron chi connectivity index (χ3n) is 5.37. The number of nitrogens with one attached hydrogen (secondary N) is 2. The zero-order valence-corrected chi connectivity index (χ0v) is 18.0. The van der Waals surface area contributed by atoms with E-state index in [-0.39, 0.29) is 17.8 Å². The van der Waals surface area contributed by atoms with Crippen LogP contribution < -0.4 is 15.4 Å². The van der Waals surface area contributed by atoms with Crippen LogP contribution in [0.5, 0.6) is 5.75 Å². The van der Waals surface area contributed by atoms with E-state index in [4.69, 9.17) is 16.3 Å². The number of aromatic nitrogens is 2. The standard InChI is InChI=1S/C22H20ClF3N4O2/c1-12-3-5-13(6-4-12)16-10-19(22(24,25)26)30-20(28-16)15(11-27-30)21(31)29-17-9-14(23)7-8-18(17)32-2/h3-9,11,16,19,28H,10H2,1-2H3,(H,29,31). The Balaban J connectivity index is 1.70. The number of carbonyl (C=O) groups is 1. The van der Waals surface area contributed by atoms with Gasteiger partial charge >= 0.3 is 6.18 Å². The summed E-state index contributed by atoms with van der Waals surface area (Å²) < 4.78 is 47.6. The molecule has 2 atom stereocenters. The fourth-order valence-corrected chi connectivity index (χ4v) is 3.89. The molecule has 0 saturated heterocycles. The number of nitrogens with zero attached hydrogens (tertiary/aromatic N) is 2. The molecule has 1 aliphatic rings.